The Morgan fingerprint density at radius 2 is 2.44 bits per heavy atom. The van der Waals surface area contributed by atoms with Gasteiger partial charge in [0, 0.05) is 6.61 Å². The van der Waals surface area contributed by atoms with Crippen LogP contribution in [0, 0.1) is 0 Å². The topological polar surface area (TPSA) is 73.6 Å². The van der Waals surface area contributed by atoms with Crippen molar-refractivity contribution in [2.75, 3.05) is 12.5 Å². The molecule has 0 unspecified atom stereocenters. The van der Waals surface area contributed by atoms with Crippen LogP contribution in [0.2, 0.25) is 0 Å². The van der Waals surface area contributed by atoms with Gasteiger partial charge in [-0.05, 0) is 6.92 Å². The van der Waals surface area contributed by atoms with Gasteiger partial charge in [0.25, 0.3) is 0 Å². The second-order valence-corrected chi connectivity index (χ2v) is 2.16. The van der Waals surface area contributed by atoms with Crippen LogP contribution in [-0.4, -0.2) is 17.7 Å². The second-order valence-electron chi connectivity index (χ2n) is 1.22. The zero-order valence-electron chi connectivity index (χ0n) is 5.33. The lowest BCUT2D eigenvalue weighted by atomic mass is 10.9. The molecule has 0 aliphatic heterocycles. The third-order valence-corrected chi connectivity index (χ3v) is 1.31. The number of nitrogens with two attached hydrogens (primary N) is 2. The monoisotopic (exact) mass is 149 g/mol. The Morgan fingerprint density at radius 3 is 2.89 bits per heavy atom. The van der Waals surface area contributed by atoms with Gasteiger partial charge < -0.3 is 16.3 Å². The Morgan fingerprint density at radius 1 is 1.78 bits per heavy atom. The summed E-state index contributed by atoms with van der Waals surface area (Å²) < 4.78 is 4.95. The van der Waals surface area contributed by atoms with Gasteiger partial charge in [0.05, 0.1) is 5.94 Å². The minimum atomic E-state index is 0.350. The van der Waals surface area contributed by atoms with Crippen molar-refractivity contribution < 1.29 is 4.74 Å². The van der Waals surface area contributed by atoms with Crippen molar-refractivity contribution in [1.29, 1.82) is 0 Å². The second kappa shape index (κ2) is 5.71. The highest BCUT2D eigenvalue weighted by atomic mass is 32.2. The lowest BCUT2D eigenvalue weighted by Gasteiger charge is -1.97. The fraction of sp³-hybridized carbons (Fsp3) is 0.750. The number of ether oxygens (including phenoxy) is 1. The number of rotatable bonds is 3. The molecule has 0 rings (SSSR count). The van der Waals surface area contributed by atoms with Crippen LogP contribution in [0.4, 0.5) is 0 Å². The van der Waals surface area contributed by atoms with Crippen LogP contribution in [0.25, 0.3) is 0 Å². The zero-order valence-corrected chi connectivity index (χ0v) is 6.15. The largest absolute Gasteiger partial charge is 0.377 e. The van der Waals surface area contributed by atoms with Gasteiger partial charge in [-0.1, -0.05) is 11.8 Å². The zero-order chi connectivity index (χ0) is 7.11. The van der Waals surface area contributed by atoms with E-state index in [4.69, 9.17) is 16.3 Å². The van der Waals surface area contributed by atoms with E-state index in [0.29, 0.717) is 17.7 Å². The summed E-state index contributed by atoms with van der Waals surface area (Å²) in [4.78, 5) is 0. The summed E-state index contributed by atoms with van der Waals surface area (Å²) in [5, 5.41) is 3.59. The summed E-state index contributed by atoms with van der Waals surface area (Å²) in [5.41, 5.74) is 5.22. The highest BCUT2D eigenvalue weighted by Crippen LogP contribution is 1.97. The van der Waals surface area contributed by atoms with Gasteiger partial charge in [-0.2, -0.15) is 5.10 Å². The van der Waals surface area contributed by atoms with E-state index in [-0.39, 0.29) is 0 Å². The summed E-state index contributed by atoms with van der Waals surface area (Å²) in [5.74, 6) is 5.36. The van der Waals surface area contributed by atoms with Crippen LogP contribution in [0.5, 0.6) is 0 Å². The van der Waals surface area contributed by atoms with E-state index >= 15 is 0 Å². The molecule has 0 saturated heterocycles. The number of hydrazone groups is 1. The quantitative estimate of drug-likeness (QED) is 0.147. The van der Waals surface area contributed by atoms with Gasteiger partial charge >= 0.3 is 0 Å². The van der Waals surface area contributed by atoms with Crippen LogP contribution in [0.3, 0.4) is 0 Å². The number of amidine groups is 1. The average Bonchev–Trinajstić information content (AvgIpc) is 1.89. The van der Waals surface area contributed by atoms with Crippen molar-refractivity contribution in [3.05, 3.63) is 0 Å². The molecule has 0 aliphatic carbocycles. The molecule has 0 aliphatic rings. The van der Waals surface area contributed by atoms with Crippen molar-refractivity contribution >= 4 is 16.9 Å². The summed E-state index contributed by atoms with van der Waals surface area (Å²) in [6, 6.07) is 0. The maximum absolute atomic E-state index is 5.22. The van der Waals surface area contributed by atoms with E-state index in [9.17, 15) is 0 Å². The van der Waals surface area contributed by atoms with Gasteiger partial charge in [0.2, 0.25) is 0 Å². The number of nitrogens with zero attached hydrogens (tertiary/aromatic N) is 1. The summed E-state index contributed by atoms with van der Waals surface area (Å²) in [6.07, 6.45) is 0. The molecule has 9 heavy (non-hydrogen) atoms. The molecule has 54 valence electrons. The van der Waals surface area contributed by atoms with Crippen molar-refractivity contribution in [3.63, 3.8) is 0 Å². The molecule has 0 fully saturated rings. The first kappa shape index (κ1) is 8.58. The molecule has 4 nitrogen and oxygen atoms in total. The minimum absolute atomic E-state index is 0.350. The maximum atomic E-state index is 5.22. The third-order valence-electron chi connectivity index (χ3n) is 0.622. The lowest BCUT2D eigenvalue weighted by molar-refractivity contribution is 0.200. The molecule has 4 N–H and O–H groups in total. The van der Waals surface area contributed by atoms with Crippen molar-refractivity contribution in [3.8, 4) is 0 Å². The maximum Gasteiger partial charge on any atom is 0.179 e. The van der Waals surface area contributed by atoms with Gasteiger partial charge in [0.1, 0.15) is 0 Å². The number of hydrogen-bond acceptors (Lipinski definition) is 4. The van der Waals surface area contributed by atoms with E-state index in [1.807, 2.05) is 6.92 Å². The molecule has 0 aromatic heterocycles. The average molecular weight is 149 g/mol. The van der Waals surface area contributed by atoms with E-state index in [0.717, 1.165) is 0 Å². The van der Waals surface area contributed by atoms with Crippen LogP contribution < -0.4 is 11.6 Å². The van der Waals surface area contributed by atoms with Gasteiger partial charge in [0.15, 0.2) is 5.17 Å². The van der Waals surface area contributed by atoms with Gasteiger partial charge in [-0.15, -0.1) is 0 Å². The minimum Gasteiger partial charge on any atom is -0.377 e. The van der Waals surface area contributed by atoms with E-state index in [1.54, 1.807) is 0 Å². The van der Waals surface area contributed by atoms with Crippen LogP contribution >= 0.6 is 11.8 Å². The van der Waals surface area contributed by atoms with Crippen molar-refractivity contribution in [2.45, 2.75) is 6.92 Å². The molecule has 5 heteroatoms. The Hall–Kier alpha value is -0.420. The van der Waals surface area contributed by atoms with Crippen LogP contribution in [0.15, 0.2) is 5.10 Å². The van der Waals surface area contributed by atoms with Crippen molar-refractivity contribution in [1.82, 2.24) is 0 Å². The fourth-order valence-electron chi connectivity index (χ4n) is 0.223. The third kappa shape index (κ3) is 5.45. The first-order valence-corrected chi connectivity index (χ1v) is 3.53. The molecule has 0 aromatic rings. The lowest BCUT2D eigenvalue weighted by Crippen LogP contribution is -2.10. The molecule has 0 aromatic carbocycles. The SMILES string of the molecule is CCOCSC(N)=NN. The fourth-order valence-corrected chi connectivity index (χ4v) is 0.668. The Balaban J connectivity index is 3.07. The number of thioether (sulfide) groups is 1. The first-order chi connectivity index (χ1) is 4.31. The molecular formula is C4H11N3OS. The van der Waals surface area contributed by atoms with Crippen LogP contribution in [-0.2, 0) is 4.74 Å². The Labute approximate surface area is 58.6 Å². The summed E-state index contributed by atoms with van der Waals surface area (Å²) in [6.45, 7) is 2.60. The van der Waals surface area contributed by atoms with E-state index < -0.39 is 0 Å². The number of hydrogen-bond donors (Lipinski definition) is 2. The van der Waals surface area contributed by atoms with Gasteiger partial charge in [-0.25, -0.2) is 0 Å². The molecule has 0 atom stereocenters. The Bertz CT molecular complexity index is 95.8. The molecule has 0 spiro atoms. The highest BCUT2D eigenvalue weighted by Gasteiger charge is 1.89. The smallest absolute Gasteiger partial charge is 0.179 e. The predicted molar refractivity (Wildman–Crippen MR) is 39.9 cm³/mol. The Kier molecular flexibility index (Phi) is 5.45. The molecule has 0 amide bonds. The molecule has 0 bridgehead atoms. The molecule has 0 radical (unpaired) electrons. The summed E-state index contributed by atoms with van der Waals surface area (Å²) >= 11 is 1.28. The molecule has 0 saturated carbocycles. The van der Waals surface area contributed by atoms with Crippen molar-refractivity contribution in [2.24, 2.45) is 16.7 Å². The molecule has 0 heterocycles. The van der Waals surface area contributed by atoms with Gasteiger partial charge in [-0.3, -0.25) is 0 Å². The first-order valence-electron chi connectivity index (χ1n) is 2.55. The highest BCUT2D eigenvalue weighted by molar-refractivity contribution is 8.13. The van der Waals surface area contributed by atoms with Crippen LogP contribution in [0.1, 0.15) is 6.92 Å². The van der Waals surface area contributed by atoms with E-state index in [2.05, 4.69) is 5.10 Å². The normalized spacial score (nSPS) is 11.9. The predicted octanol–water partition coefficient (Wildman–Crippen LogP) is -0.0980. The molecular weight excluding hydrogens is 138 g/mol. The summed E-state index contributed by atoms with van der Waals surface area (Å²) in [7, 11) is 0. The standard InChI is InChI=1S/C4H11N3OS/c1-2-8-3-9-4(5)7-6/h2-3,6H2,1H3,(H2,5,7). The van der Waals surface area contributed by atoms with E-state index in [1.165, 1.54) is 11.8 Å².